The van der Waals surface area contributed by atoms with Crippen LogP contribution < -0.4 is 21.0 Å². The predicted molar refractivity (Wildman–Crippen MR) is 252 cm³/mol. The van der Waals surface area contributed by atoms with E-state index in [1.807, 2.05) is 0 Å². The Morgan fingerprint density at radius 2 is 0.644 bits per heavy atom. The van der Waals surface area contributed by atoms with Crippen LogP contribution in [0.1, 0.15) is 52.7 Å². The molecule has 10 rings (SSSR count). The van der Waals surface area contributed by atoms with Gasteiger partial charge in [-0.05, 0) is 80.9 Å². The van der Waals surface area contributed by atoms with Crippen LogP contribution in [0.25, 0.3) is 55.2 Å². The maximum Gasteiger partial charge on any atom is 0.223 e. The lowest BCUT2D eigenvalue weighted by Crippen LogP contribution is -2.76. The molecule has 4 aromatic heterocycles. The maximum atomic E-state index is 5.95. The van der Waals surface area contributed by atoms with Gasteiger partial charge in [0.1, 0.15) is 11.6 Å². The van der Waals surface area contributed by atoms with E-state index in [1.54, 1.807) is 0 Å². The number of rotatable bonds is 6. The van der Waals surface area contributed by atoms with E-state index >= 15 is 0 Å². The summed E-state index contributed by atoms with van der Waals surface area (Å²) in [6, 6.07) is 66.6. The Morgan fingerprint density at radius 3 is 0.949 bits per heavy atom. The van der Waals surface area contributed by atoms with Crippen molar-refractivity contribution in [2.75, 3.05) is 0 Å². The minimum Gasteiger partial charge on any atom is -0.294 e. The van der Waals surface area contributed by atoms with Gasteiger partial charge >= 0.3 is 0 Å². The smallest absolute Gasteiger partial charge is 0.223 e. The fourth-order valence-electron chi connectivity index (χ4n) is 9.12. The first-order chi connectivity index (χ1) is 28.5. The first-order valence-electron chi connectivity index (χ1n) is 20.7. The number of hydrogen-bond donors (Lipinski definition) is 0. The molecule has 0 aliphatic carbocycles. The average molecular weight is 781 g/mol. The molecule has 0 unspecified atom stereocenters. The summed E-state index contributed by atoms with van der Waals surface area (Å²) in [6.45, 7) is 13.9. The number of benzene rings is 6. The number of fused-ring (bicyclic) bond motifs is 6. The molecule has 0 radical (unpaired) electrons. The molecule has 0 bridgehead atoms. The van der Waals surface area contributed by atoms with Crippen LogP contribution in [-0.2, 0) is 10.8 Å². The van der Waals surface area contributed by atoms with Crippen LogP contribution in [0.15, 0.2) is 182 Å². The van der Waals surface area contributed by atoms with Crippen LogP contribution in [0.3, 0.4) is 0 Å². The van der Waals surface area contributed by atoms with Gasteiger partial charge in [0.15, 0.2) is 0 Å². The molecule has 288 valence electrons. The molecular formula is C54H48N4Si. The lowest BCUT2D eigenvalue weighted by Gasteiger charge is -2.35. The highest BCUT2D eigenvalue weighted by atomic mass is 28.3. The number of aromatic nitrogens is 4. The molecule has 4 heterocycles. The molecule has 0 fully saturated rings. The van der Waals surface area contributed by atoms with Crippen molar-refractivity contribution in [2.45, 2.75) is 52.4 Å². The molecule has 59 heavy (non-hydrogen) atoms. The third-order valence-electron chi connectivity index (χ3n) is 12.2. The molecule has 0 aliphatic rings. The minimum atomic E-state index is -3.33. The SMILES string of the molecule is CC(C)(C)c1cc(-n2c3ccccc3c3ccccc32)nc([Si](c2ccccc2)(c2ccccc2)c2cc(C(C)(C)C)cc(-n3c4ccccc4c4ccccc43)n2)c1. The Morgan fingerprint density at radius 1 is 0.356 bits per heavy atom. The van der Waals surface area contributed by atoms with Crippen molar-refractivity contribution in [3.63, 3.8) is 0 Å². The van der Waals surface area contributed by atoms with E-state index in [0.29, 0.717) is 0 Å². The van der Waals surface area contributed by atoms with Gasteiger partial charge in [0.05, 0.1) is 22.1 Å². The number of hydrogen-bond acceptors (Lipinski definition) is 2. The highest BCUT2D eigenvalue weighted by Crippen LogP contribution is 2.35. The average Bonchev–Trinajstić information content (AvgIpc) is 3.77. The van der Waals surface area contributed by atoms with Crippen molar-refractivity contribution >= 4 is 72.7 Å². The van der Waals surface area contributed by atoms with Crippen molar-refractivity contribution in [1.82, 2.24) is 19.1 Å². The summed E-state index contributed by atoms with van der Waals surface area (Å²) in [5, 5.41) is 9.48. The van der Waals surface area contributed by atoms with E-state index in [1.165, 1.54) is 43.0 Å². The van der Waals surface area contributed by atoms with Gasteiger partial charge in [-0.1, -0.05) is 175 Å². The van der Waals surface area contributed by atoms with E-state index in [-0.39, 0.29) is 10.8 Å². The molecule has 0 atom stereocenters. The van der Waals surface area contributed by atoms with Crippen molar-refractivity contribution < 1.29 is 0 Å². The lowest BCUT2D eigenvalue weighted by atomic mass is 9.88. The first kappa shape index (κ1) is 36.8. The van der Waals surface area contributed by atoms with Crippen molar-refractivity contribution in [3.8, 4) is 11.6 Å². The third kappa shape index (κ3) is 5.94. The normalized spacial score (nSPS) is 12.6. The third-order valence-corrected chi connectivity index (χ3v) is 16.6. The van der Waals surface area contributed by atoms with Crippen LogP contribution in [-0.4, -0.2) is 27.2 Å². The van der Waals surface area contributed by atoms with Gasteiger partial charge in [-0.3, -0.25) is 9.13 Å². The highest BCUT2D eigenvalue weighted by molar-refractivity contribution is 7.19. The summed E-state index contributed by atoms with van der Waals surface area (Å²) in [4.78, 5) is 11.9. The number of pyridine rings is 2. The van der Waals surface area contributed by atoms with Crippen LogP contribution in [0.5, 0.6) is 0 Å². The second-order valence-electron chi connectivity index (χ2n) is 17.9. The highest BCUT2D eigenvalue weighted by Gasteiger charge is 2.46. The van der Waals surface area contributed by atoms with Crippen LogP contribution in [0, 0.1) is 0 Å². The molecule has 0 saturated heterocycles. The molecule has 6 aromatic carbocycles. The number of nitrogens with zero attached hydrogens (tertiary/aromatic N) is 4. The Kier molecular flexibility index (Phi) is 8.59. The molecule has 0 N–H and O–H groups in total. The van der Waals surface area contributed by atoms with Gasteiger partial charge in [-0.25, -0.2) is 9.97 Å². The molecule has 0 spiro atoms. The topological polar surface area (TPSA) is 35.6 Å². The molecular weight excluding hydrogens is 733 g/mol. The quantitative estimate of drug-likeness (QED) is 0.158. The fraction of sp³-hybridized carbons (Fsp3) is 0.148. The second-order valence-corrected chi connectivity index (χ2v) is 21.6. The molecule has 5 heteroatoms. The largest absolute Gasteiger partial charge is 0.294 e. The molecule has 0 amide bonds. The van der Waals surface area contributed by atoms with Gasteiger partial charge in [-0.2, -0.15) is 0 Å². The van der Waals surface area contributed by atoms with Crippen LogP contribution in [0.4, 0.5) is 0 Å². The molecule has 10 aromatic rings. The number of para-hydroxylation sites is 4. The van der Waals surface area contributed by atoms with Crippen molar-refractivity contribution in [1.29, 1.82) is 0 Å². The minimum absolute atomic E-state index is 0.173. The van der Waals surface area contributed by atoms with Crippen LogP contribution in [0.2, 0.25) is 0 Å². The van der Waals surface area contributed by atoms with Crippen molar-refractivity contribution in [3.05, 3.63) is 193 Å². The summed E-state index contributed by atoms with van der Waals surface area (Å²) in [5.74, 6) is 1.84. The van der Waals surface area contributed by atoms with Gasteiger partial charge < -0.3 is 0 Å². The Labute approximate surface area is 347 Å². The van der Waals surface area contributed by atoms with Gasteiger partial charge in [0.2, 0.25) is 8.07 Å². The summed E-state index contributed by atoms with van der Waals surface area (Å²) in [7, 11) is -3.33. The fourth-order valence-corrected chi connectivity index (χ4v) is 13.6. The zero-order chi connectivity index (χ0) is 40.5. The molecule has 4 nitrogen and oxygen atoms in total. The van der Waals surface area contributed by atoms with E-state index in [4.69, 9.17) is 9.97 Å². The van der Waals surface area contributed by atoms with E-state index in [0.717, 1.165) is 44.3 Å². The lowest BCUT2D eigenvalue weighted by molar-refractivity contribution is 0.589. The Balaban J connectivity index is 1.38. The van der Waals surface area contributed by atoms with Gasteiger partial charge in [0.25, 0.3) is 0 Å². The Bertz CT molecular complexity index is 2860. The van der Waals surface area contributed by atoms with Gasteiger partial charge in [-0.15, -0.1) is 0 Å². The van der Waals surface area contributed by atoms with E-state index in [2.05, 4.69) is 233 Å². The Hall–Kier alpha value is -6.56. The maximum absolute atomic E-state index is 5.95. The first-order valence-corrected chi connectivity index (χ1v) is 22.7. The monoisotopic (exact) mass is 780 g/mol. The standard InChI is InChI=1S/C54H48N4Si/c1-53(2,3)37-33-49(57-45-29-17-13-25-41(45)42-26-14-18-30-46(42)57)55-51(35-37)59(39-21-9-7-10-22-39,40-23-11-8-12-24-40)52-36-38(54(4,5)6)34-50(56-52)58-47-31-19-15-27-43(47)44-28-16-20-32-48(44)58/h7-36H,1-6H3. The zero-order valence-electron chi connectivity index (χ0n) is 34.6. The molecule has 0 saturated carbocycles. The summed E-state index contributed by atoms with van der Waals surface area (Å²) >= 11 is 0. The van der Waals surface area contributed by atoms with Crippen molar-refractivity contribution in [2.24, 2.45) is 0 Å². The summed E-state index contributed by atoms with van der Waals surface area (Å²) in [6.07, 6.45) is 0. The zero-order valence-corrected chi connectivity index (χ0v) is 35.6. The van der Waals surface area contributed by atoms with Gasteiger partial charge in [0, 0.05) is 32.2 Å². The van der Waals surface area contributed by atoms with Crippen LogP contribution >= 0.6 is 0 Å². The predicted octanol–water partition coefficient (Wildman–Crippen LogP) is 10.6. The summed E-state index contributed by atoms with van der Waals surface area (Å²) in [5.41, 5.74) is 6.70. The van der Waals surface area contributed by atoms with E-state index < -0.39 is 8.07 Å². The van der Waals surface area contributed by atoms with E-state index in [9.17, 15) is 0 Å². The second kappa shape index (κ2) is 13.8. The molecule has 0 aliphatic heterocycles. The summed E-state index contributed by atoms with van der Waals surface area (Å²) < 4.78 is 4.75.